The number of hydrogen-bond donors (Lipinski definition) is 1. The van der Waals surface area contributed by atoms with E-state index in [1.807, 2.05) is 38.1 Å². The lowest BCUT2D eigenvalue weighted by molar-refractivity contribution is -0.121. The molecular formula is C21H20F2N2O2. The third-order valence-corrected chi connectivity index (χ3v) is 4.28. The summed E-state index contributed by atoms with van der Waals surface area (Å²) < 4.78 is 33.0. The average molecular weight is 370 g/mol. The normalized spacial score (nSPS) is 12.0. The lowest BCUT2D eigenvalue weighted by Crippen LogP contribution is -2.26. The van der Waals surface area contributed by atoms with Crippen LogP contribution in [0.4, 0.5) is 8.78 Å². The van der Waals surface area contributed by atoms with Gasteiger partial charge in [-0.15, -0.1) is 0 Å². The van der Waals surface area contributed by atoms with Gasteiger partial charge in [0.2, 0.25) is 5.91 Å². The Kier molecular flexibility index (Phi) is 5.64. The van der Waals surface area contributed by atoms with Crippen molar-refractivity contribution in [2.45, 2.75) is 32.7 Å². The number of aryl methyl sites for hydroxylation is 2. The molecule has 1 unspecified atom stereocenters. The standard InChI is InChI=1S/C21H20F2N2O2/c1-13-6-8-15(9-7-13)14(2)25-19(26)10-11-20-24-12-18(27-20)21-16(22)4-3-5-17(21)23/h3-9,12,14H,10-11H2,1-2H3,(H,25,26). The van der Waals surface area contributed by atoms with Gasteiger partial charge in [-0.2, -0.15) is 0 Å². The molecule has 1 N–H and O–H groups in total. The average Bonchev–Trinajstić information content (AvgIpc) is 3.09. The Morgan fingerprint density at radius 1 is 1.15 bits per heavy atom. The monoisotopic (exact) mass is 370 g/mol. The quantitative estimate of drug-likeness (QED) is 0.682. The zero-order valence-corrected chi connectivity index (χ0v) is 15.1. The summed E-state index contributed by atoms with van der Waals surface area (Å²) in [4.78, 5) is 16.2. The van der Waals surface area contributed by atoms with Crippen molar-refractivity contribution in [3.63, 3.8) is 0 Å². The minimum atomic E-state index is -0.720. The number of rotatable bonds is 6. The van der Waals surface area contributed by atoms with Gasteiger partial charge in [-0.1, -0.05) is 35.9 Å². The van der Waals surface area contributed by atoms with E-state index in [-0.39, 0.29) is 42.0 Å². The van der Waals surface area contributed by atoms with Crippen molar-refractivity contribution in [2.75, 3.05) is 0 Å². The van der Waals surface area contributed by atoms with E-state index in [1.54, 1.807) is 0 Å². The van der Waals surface area contributed by atoms with Crippen LogP contribution in [0.5, 0.6) is 0 Å². The second-order valence-corrected chi connectivity index (χ2v) is 6.41. The lowest BCUT2D eigenvalue weighted by Gasteiger charge is -2.14. The van der Waals surface area contributed by atoms with Crippen LogP contribution in [0.3, 0.4) is 0 Å². The highest BCUT2D eigenvalue weighted by Crippen LogP contribution is 2.26. The van der Waals surface area contributed by atoms with Crippen LogP contribution in [0.1, 0.15) is 36.4 Å². The number of aromatic nitrogens is 1. The molecular weight excluding hydrogens is 350 g/mol. The number of carbonyl (C=O) groups excluding carboxylic acids is 1. The maximum Gasteiger partial charge on any atom is 0.220 e. The first-order valence-electron chi connectivity index (χ1n) is 8.69. The van der Waals surface area contributed by atoms with E-state index in [1.165, 1.54) is 12.3 Å². The highest BCUT2D eigenvalue weighted by molar-refractivity contribution is 5.76. The fraction of sp³-hybridized carbons (Fsp3) is 0.238. The number of nitrogens with zero attached hydrogens (tertiary/aromatic N) is 1. The van der Waals surface area contributed by atoms with E-state index < -0.39 is 11.6 Å². The summed E-state index contributed by atoms with van der Waals surface area (Å²) in [6.45, 7) is 3.91. The summed E-state index contributed by atoms with van der Waals surface area (Å²) >= 11 is 0. The van der Waals surface area contributed by atoms with E-state index in [2.05, 4.69) is 10.3 Å². The van der Waals surface area contributed by atoms with Gasteiger partial charge in [0, 0.05) is 12.8 Å². The predicted octanol–water partition coefficient (Wildman–Crippen LogP) is 4.74. The maximum absolute atomic E-state index is 13.8. The zero-order valence-electron chi connectivity index (χ0n) is 15.1. The molecule has 0 bridgehead atoms. The molecule has 0 spiro atoms. The van der Waals surface area contributed by atoms with Gasteiger partial charge < -0.3 is 9.73 Å². The number of benzene rings is 2. The number of halogens is 2. The van der Waals surface area contributed by atoms with E-state index >= 15 is 0 Å². The maximum atomic E-state index is 13.8. The molecule has 0 fully saturated rings. The number of hydrogen-bond acceptors (Lipinski definition) is 3. The second kappa shape index (κ2) is 8.12. The third kappa shape index (κ3) is 4.58. The summed E-state index contributed by atoms with van der Waals surface area (Å²) in [6, 6.07) is 11.4. The van der Waals surface area contributed by atoms with Crippen molar-refractivity contribution in [3.05, 3.63) is 77.3 Å². The molecule has 27 heavy (non-hydrogen) atoms. The molecule has 1 amide bonds. The Hall–Kier alpha value is -3.02. The van der Waals surface area contributed by atoms with Gasteiger partial charge in [0.15, 0.2) is 11.7 Å². The van der Waals surface area contributed by atoms with Gasteiger partial charge in [-0.25, -0.2) is 13.8 Å². The van der Waals surface area contributed by atoms with Gasteiger partial charge in [0.1, 0.15) is 11.6 Å². The van der Waals surface area contributed by atoms with E-state index in [0.717, 1.165) is 23.3 Å². The Labute approximate surface area is 156 Å². The fourth-order valence-electron chi connectivity index (χ4n) is 2.75. The van der Waals surface area contributed by atoms with Crippen molar-refractivity contribution < 1.29 is 18.0 Å². The molecule has 3 aromatic rings. The Balaban J connectivity index is 1.58. The smallest absolute Gasteiger partial charge is 0.220 e. The summed E-state index contributed by atoms with van der Waals surface area (Å²) in [5.74, 6) is -1.33. The predicted molar refractivity (Wildman–Crippen MR) is 97.9 cm³/mol. The minimum Gasteiger partial charge on any atom is -0.441 e. The lowest BCUT2D eigenvalue weighted by atomic mass is 10.1. The Bertz CT molecular complexity index is 915. The van der Waals surface area contributed by atoms with Crippen LogP contribution in [0.15, 0.2) is 53.1 Å². The molecule has 140 valence electrons. The minimum absolute atomic E-state index is 0.00836. The first-order chi connectivity index (χ1) is 12.9. The molecule has 1 atom stereocenters. The van der Waals surface area contributed by atoms with Gasteiger partial charge in [-0.05, 0) is 31.5 Å². The molecule has 1 aromatic heterocycles. The van der Waals surface area contributed by atoms with E-state index in [0.29, 0.717) is 0 Å². The van der Waals surface area contributed by atoms with Crippen LogP contribution in [0.25, 0.3) is 11.3 Å². The van der Waals surface area contributed by atoms with Crippen LogP contribution < -0.4 is 5.32 Å². The Morgan fingerprint density at radius 2 is 1.81 bits per heavy atom. The number of carbonyl (C=O) groups is 1. The molecule has 2 aromatic carbocycles. The van der Waals surface area contributed by atoms with Crippen LogP contribution in [-0.4, -0.2) is 10.9 Å². The molecule has 0 radical (unpaired) electrons. The SMILES string of the molecule is Cc1ccc(C(C)NC(=O)CCc2ncc(-c3c(F)cccc3F)o2)cc1. The van der Waals surface area contributed by atoms with Crippen molar-refractivity contribution in [1.82, 2.24) is 10.3 Å². The molecule has 0 aliphatic rings. The number of oxazole rings is 1. The zero-order chi connectivity index (χ0) is 19.4. The van der Waals surface area contributed by atoms with E-state index in [4.69, 9.17) is 4.42 Å². The highest BCUT2D eigenvalue weighted by Gasteiger charge is 2.16. The first-order valence-corrected chi connectivity index (χ1v) is 8.69. The molecule has 3 rings (SSSR count). The highest BCUT2D eigenvalue weighted by atomic mass is 19.1. The van der Waals surface area contributed by atoms with Gasteiger partial charge >= 0.3 is 0 Å². The molecule has 0 saturated heterocycles. The van der Waals surface area contributed by atoms with Crippen LogP contribution >= 0.6 is 0 Å². The number of amides is 1. The van der Waals surface area contributed by atoms with Crippen LogP contribution in [-0.2, 0) is 11.2 Å². The third-order valence-electron chi connectivity index (χ3n) is 4.28. The summed E-state index contributed by atoms with van der Waals surface area (Å²) in [5, 5.41) is 2.91. The molecule has 0 aliphatic carbocycles. The fourth-order valence-corrected chi connectivity index (χ4v) is 2.75. The largest absolute Gasteiger partial charge is 0.441 e. The van der Waals surface area contributed by atoms with Gasteiger partial charge in [0.25, 0.3) is 0 Å². The summed E-state index contributed by atoms with van der Waals surface area (Å²) in [7, 11) is 0. The second-order valence-electron chi connectivity index (χ2n) is 6.41. The molecule has 4 nitrogen and oxygen atoms in total. The summed E-state index contributed by atoms with van der Waals surface area (Å²) in [6.07, 6.45) is 1.67. The first kappa shape index (κ1) is 18.8. The Morgan fingerprint density at radius 3 is 2.48 bits per heavy atom. The summed E-state index contributed by atoms with van der Waals surface area (Å²) in [5.41, 5.74) is 1.92. The van der Waals surface area contributed by atoms with Gasteiger partial charge in [-0.3, -0.25) is 4.79 Å². The molecule has 0 aliphatic heterocycles. The van der Waals surface area contributed by atoms with Crippen molar-refractivity contribution in [2.24, 2.45) is 0 Å². The number of nitrogens with one attached hydrogen (secondary N) is 1. The van der Waals surface area contributed by atoms with Crippen molar-refractivity contribution in [3.8, 4) is 11.3 Å². The van der Waals surface area contributed by atoms with Crippen LogP contribution in [0, 0.1) is 18.6 Å². The molecule has 0 saturated carbocycles. The van der Waals surface area contributed by atoms with Crippen molar-refractivity contribution >= 4 is 5.91 Å². The van der Waals surface area contributed by atoms with Crippen molar-refractivity contribution in [1.29, 1.82) is 0 Å². The van der Waals surface area contributed by atoms with E-state index in [9.17, 15) is 13.6 Å². The van der Waals surface area contributed by atoms with Crippen LogP contribution in [0.2, 0.25) is 0 Å². The topological polar surface area (TPSA) is 55.1 Å². The molecule has 6 heteroatoms. The van der Waals surface area contributed by atoms with Gasteiger partial charge in [0.05, 0.1) is 17.8 Å². The molecule has 1 heterocycles.